The van der Waals surface area contributed by atoms with Crippen molar-refractivity contribution in [1.29, 1.82) is 0 Å². The predicted octanol–water partition coefficient (Wildman–Crippen LogP) is 2.54. The number of anilines is 1. The van der Waals surface area contributed by atoms with Crippen LogP contribution in [0.4, 0.5) is 19.0 Å². The van der Waals surface area contributed by atoms with Crippen LogP contribution in [0.15, 0.2) is 12.3 Å². The van der Waals surface area contributed by atoms with Crippen LogP contribution < -0.4 is 10.6 Å². The number of hydrogen-bond donors (Lipinski definition) is 1. The van der Waals surface area contributed by atoms with Gasteiger partial charge in [-0.1, -0.05) is 11.6 Å². The Morgan fingerprint density at radius 1 is 1.50 bits per heavy atom. The van der Waals surface area contributed by atoms with Crippen LogP contribution in [0.5, 0.6) is 0 Å². The zero-order chi connectivity index (χ0) is 13.3. The second-order valence-electron chi connectivity index (χ2n) is 4.36. The summed E-state index contributed by atoms with van der Waals surface area (Å²) in [7, 11) is 0. The minimum absolute atomic E-state index is 0.0301. The van der Waals surface area contributed by atoms with Gasteiger partial charge >= 0.3 is 6.18 Å². The molecule has 3 nitrogen and oxygen atoms in total. The first-order valence-corrected chi connectivity index (χ1v) is 5.97. The Bertz CT molecular complexity index is 436. The molecule has 0 aromatic carbocycles. The molecule has 1 aromatic heterocycles. The highest BCUT2D eigenvalue weighted by molar-refractivity contribution is 6.33. The summed E-state index contributed by atoms with van der Waals surface area (Å²) in [6, 6.07) is 0.916. The molecule has 2 heterocycles. The molecule has 2 rings (SSSR count). The standard InChI is InChI=1S/C11H13ClF3N3/c12-9-3-8(11(13,14)15)5-17-10(9)18-2-1-7(4-16)6-18/h3,5,7H,1-2,4,6,16H2/t7-/m0/s1. The molecule has 7 heteroatoms. The number of aromatic nitrogens is 1. The van der Waals surface area contributed by atoms with Crippen molar-refractivity contribution in [1.82, 2.24) is 4.98 Å². The van der Waals surface area contributed by atoms with E-state index >= 15 is 0 Å². The molecule has 1 atom stereocenters. The summed E-state index contributed by atoms with van der Waals surface area (Å²) >= 11 is 5.87. The zero-order valence-electron chi connectivity index (χ0n) is 9.54. The number of nitrogens with two attached hydrogens (primary N) is 1. The molecule has 1 aromatic rings. The first kappa shape index (κ1) is 13.4. The fourth-order valence-corrected chi connectivity index (χ4v) is 2.32. The van der Waals surface area contributed by atoms with Gasteiger partial charge in [0.25, 0.3) is 0 Å². The first-order valence-electron chi connectivity index (χ1n) is 5.59. The molecule has 0 aliphatic carbocycles. The summed E-state index contributed by atoms with van der Waals surface area (Å²) in [5.41, 5.74) is 4.74. The van der Waals surface area contributed by atoms with E-state index in [1.165, 1.54) is 0 Å². The van der Waals surface area contributed by atoms with E-state index < -0.39 is 11.7 Å². The number of halogens is 4. The number of pyridine rings is 1. The lowest BCUT2D eigenvalue weighted by Crippen LogP contribution is -2.24. The third-order valence-electron chi connectivity index (χ3n) is 3.07. The number of nitrogens with zero attached hydrogens (tertiary/aromatic N) is 2. The maximum atomic E-state index is 12.5. The topological polar surface area (TPSA) is 42.1 Å². The Morgan fingerprint density at radius 3 is 2.72 bits per heavy atom. The molecule has 0 unspecified atom stereocenters. The van der Waals surface area contributed by atoms with Gasteiger partial charge in [-0.2, -0.15) is 13.2 Å². The Morgan fingerprint density at radius 2 is 2.22 bits per heavy atom. The molecule has 0 bridgehead atoms. The zero-order valence-corrected chi connectivity index (χ0v) is 10.3. The fraction of sp³-hybridized carbons (Fsp3) is 0.545. The molecular formula is C11H13ClF3N3. The highest BCUT2D eigenvalue weighted by Gasteiger charge is 2.32. The molecule has 1 aliphatic heterocycles. The van der Waals surface area contributed by atoms with Crippen LogP contribution in [-0.4, -0.2) is 24.6 Å². The molecule has 100 valence electrons. The minimum Gasteiger partial charge on any atom is -0.355 e. The first-order chi connectivity index (χ1) is 8.41. The van der Waals surface area contributed by atoms with E-state index in [9.17, 15) is 13.2 Å². The monoisotopic (exact) mass is 279 g/mol. The van der Waals surface area contributed by atoms with Gasteiger partial charge < -0.3 is 10.6 Å². The van der Waals surface area contributed by atoms with Crippen molar-refractivity contribution in [2.45, 2.75) is 12.6 Å². The molecule has 1 aliphatic rings. The summed E-state index contributed by atoms with van der Waals surface area (Å²) in [5.74, 6) is 0.755. The van der Waals surface area contributed by atoms with E-state index in [0.717, 1.165) is 25.2 Å². The van der Waals surface area contributed by atoms with Crippen LogP contribution in [0.1, 0.15) is 12.0 Å². The van der Waals surface area contributed by atoms with Gasteiger partial charge in [0.05, 0.1) is 10.6 Å². The highest BCUT2D eigenvalue weighted by Crippen LogP contribution is 2.34. The summed E-state index contributed by atoms with van der Waals surface area (Å²) in [4.78, 5) is 5.70. The van der Waals surface area contributed by atoms with Crippen molar-refractivity contribution in [3.05, 3.63) is 22.8 Å². The Hall–Kier alpha value is -1.01. The largest absolute Gasteiger partial charge is 0.417 e. The lowest BCUT2D eigenvalue weighted by atomic mass is 10.1. The van der Waals surface area contributed by atoms with Crippen molar-refractivity contribution >= 4 is 17.4 Å². The Labute approximate surface area is 108 Å². The molecule has 1 saturated heterocycles. The molecule has 0 amide bonds. The smallest absolute Gasteiger partial charge is 0.355 e. The Kier molecular flexibility index (Phi) is 3.68. The van der Waals surface area contributed by atoms with E-state index in [0.29, 0.717) is 24.8 Å². The van der Waals surface area contributed by atoms with Crippen molar-refractivity contribution in [3.63, 3.8) is 0 Å². The van der Waals surface area contributed by atoms with Crippen LogP contribution >= 0.6 is 11.6 Å². The van der Waals surface area contributed by atoms with E-state index in [4.69, 9.17) is 17.3 Å². The van der Waals surface area contributed by atoms with Gasteiger partial charge in [-0.05, 0) is 24.9 Å². The van der Waals surface area contributed by atoms with Crippen molar-refractivity contribution in [2.75, 3.05) is 24.5 Å². The van der Waals surface area contributed by atoms with Gasteiger partial charge in [-0.15, -0.1) is 0 Å². The average molecular weight is 280 g/mol. The Balaban J connectivity index is 2.21. The van der Waals surface area contributed by atoms with Gasteiger partial charge in [0.1, 0.15) is 5.82 Å². The number of alkyl halides is 3. The average Bonchev–Trinajstić information content (AvgIpc) is 2.76. The maximum absolute atomic E-state index is 12.5. The van der Waals surface area contributed by atoms with E-state index in [1.807, 2.05) is 4.90 Å². The van der Waals surface area contributed by atoms with E-state index in [-0.39, 0.29) is 5.02 Å². The third kappa shape index (κ3) is 2.70. The molecule has 0 spiro atoms. The van der Waals surface area contributed by atoms with Crippen LogP contribution in [0.25, 0.3) is 0 Å². The van der Waals surface area contributed by atoms with Gasteiger partial charge in [0.15, 0.2) is 0 Å². The third-order valence-corrected chi connectivity index (χ3v) is 3.35. The minimum atomic E-state index is -4.42. The summed E-state index contributed by atoms with van der Waals surface area (Å²) < 4.78 is 37.4. The number of hydrogen-bond acceptors (Lipinski definition) is 3. The summed E-state index contributed by atoms with van der Waals surface area (Å²) in [5, 5.41) is 0.0301. The van der Waals surface area contributed by atoms with Gasteiger partial charge in [0.2, 0.25) is 0 Å². The van der Waals surface area contributed by atoms with Crippen LogP contribution in [0.2, 0.25) is 5.02 Å². The normalized spacial score (nSPS) is 20.5. The van der Waals surface area contributed by atoms with Crippen molar-refractivity contribution in [2.24, 2.45) is 11.7 Å². The van der Waals surface area contributed by atoms with Crippen LogP contribution in [0, 0.1) is 5.92 Å². The molecule has 2 N–H and O–H groups in total. The highest BCUT2D eigenvalue weighted by atomic mass is 35.5. The van der Waals surface area contributed by atoms with E-state index in [2.05, 4.69) is 4.98 Å². The van der Waals surface area contributed by atoms with Gasteiger partial charge in [0, 0.05) is 19.3 Å². The predicted molar refractivity (Wildman–Crippen MR) is 63.6 cm³/mol. The molecule has 0 radical (unpaired) electrons. The van der Waals surface area contributed by atoms with E-state index in [1.54, 1.807) is 0 Å². The quantitative estimate of drug-likeness (QED) is 0.905. The van der Waals surface area contributed by atoms with Gasteiger partial charge in [-0.3, -0.25) is 0 Å². The second-order valence-corrected chi connectivity index (χ2v) is 4.77. The molecule has 18 heavy (non-hydrogen) atoms. The fourth-order valence-electron chi connectivity index (χ4n) is 2.04. The second kappa shape index (κ2) is 4.93. The summed E-state index contributed by atoms with van der Waals surface area (Å²) in [6.07, 6.45) is -2.69. The molecule has 0 saturated carbocycles. The SMILES string of the molecule is NC[C@@H]1CCN(c2ncc(C(F)(F)F)cc2Cl)C1. The maximum Gasteiger partial charge on any atom is 0.417 e. The lowest BCUT2D eigenvalue weighted by molar-refractivity contribution is -0.137. The summed E-state index contributed by atoms with van der Waals surface area (Å²) in [6.45, 7) is 1.98. The molecular weight excluding hydrogens is 267 g/mol. The van der Waals surface area contributed by atoms with Crippen LogP contribution in [-0.2, 0) is 6.18 Å². The lowest BCUT2D eigenvalue weighted by Gasteiger charge is -2.19. The van der Waals surface area contributed by atoms with Crippen LogP contribution in [0.3, 0.4) is 0 Å². The van der Waals surface area contributed by atoms with Crippen molar-refractivity contribution in [3.8, 4) is 0 Å². The van der Waals surface area contributed by atoms with Gasteiger partial charge in [-0.25, -0.2) is 4.98 Å². The number of rotatable bonds is 2. The molecule has 1 fully saturated rings. The van der Waals surface area contributed by atoms with Crippen molar-refractivity contribution < 1.29 is 13.2 Å².